The van der Waals surface area contributed by atoms with Crippen LogP contribution in [0, 0.1) is 19.7 Å². The molecule has 1 aliphatic rings. The van der Waals surface area contributed by atoms with Gasteiger partial charge in [-0.1, -0.05) is 37.5 Å². The topological polar surface area (TPSA) is 86.8 Å². The molecule has 0 bridgehead atoms. The number of carbonyl (C=O) groups excluding carboxylic acids is 2. The van der Waals surface area contributed by atoms with Crippen LogP contribution in [0.5, 0.6) is 0 Å². The monoisotopic (exact) mass is 545 g/mol. The van der Waals surface area contributed by atoms with Gasteiger partial charge in [-0.3, -0.25) is 13.9 Å². The third kappa shape index (κ3) is 8.28. The van der Waals surface area contributed by atoms with E-state index >= 15 is 0 Å². The van der Waals surface area contributed by atoms with Crippen LogP contribution >= 0.6 is 0 Å². The van der Waals surface area contributed by atoms with E-state index in [1.165, 1.54) is 27.8 Å². The summed E-state index contributed by atoms with van der Waals surface area (Å²) in [5.41, 5.74) is 3.32. The van der Waals surface area contributed by atoms with Gasteiger partial charge in [0.05, 0.1) is 11.9 Å². The molecular weight excluding hydrogens is 505 g/mol. The number of rotatable bonds is 11. The van der Waals surface area contributed by atoms with Crippen LogP contribution in [0.15, 0.2) is 42.5 Å². The fourth-order valence-corrected chi connectivity index (χ4v) is 5.78. The molecule has 1 saturated carbocycles. The van der Waals surface area contributed by atoms with Crippen LogP contribution in [-0.4, -0.2) is 50.0 Å². The number of aryl methyl sites for hydroxylation is 2. The summed E-state index contributed by atoms with van der Waals surface area (Å²) in [5.74, 6) is -0.837. The van der Waals surface area contributed by atoms with Gasteiger partial charge in [-0.05, 0) is 81.0 Å². The Bertz CT molecular complexity index is 1210. The van der Waals surface area contributed by atoms with Gasteiger partial charge in [0.2, 0.25) is 21.8 Å². The number of anilines is 1. The molecule has 0 heterocycles. The molecule has 1 atom stereocenters. The zero-order valence-corrected chi connectivity index (χ0v) is 23.7. The highest BCUT2D eigenvalue weighted by Gasteiger charge is 2.28. The predicted molar refractivity (Wildman–Crippen MR) is 149 cm³/mol. The quantitative estimate of drug-likeness (QED) is 0.437. The van der Waals surface area contributed by atoms with Gasteiger partial charge in [-0.25, -0.2) is 12.8 Å². The van der Waals surface area contributed by atoms with Crippen molar-refractivity contribution in [3.8, 4) is 0 Å². The average Bonchev–Trinajstić information content (AvgIpc) is 2.87. The fourth-order valence-electron chi connectivity index (χ4n) is 4.82. The minimum Gasteiger partial charge on any atom is -0.352 e. The van der Waals surface area contributed by atoms with E-state index < -0.39 is 16.1 Å². The van der Waals surface area contributed by atoms with E-state index in [0.29, 0.717) is 11.3 Å². The minimum absolute atomic E-state index is 0.0686. The predicted octanol–water partition coefficient (Wildman–Crippen LogP) is 4.85. The van der Waals surface area contributed by atoms with Gasteiger partial charge in [-0.15, -0.1) is 0 Å². The Kier molecular flexibility index (Phi) is 10.3. The van der Waals surface area contributed by atoms with Gasteiger partial charge >= 0.3 is 0 Å². The highest BCUT2D eigenvalue weighted by Crippen LogP contribution is 2.23. The molecule has 0 aliphatic heterocycles. The number of sulfonamides is 1. The summed E-state index contributed by atoms with van der Waals surface area (Å²) in [4.78, 5) is 28.0. The number of amides is 2. The van der Waals surface area contributed by atoms with E-state index in [9.17, 15) is 22.4 Å². The van der Waals surface area contributed by atoms with Crippen molar-refractivity contribution in [2.45, 2.75) is 84.3 Å². The van der Waals surface area contributed by atoms with Crippen LogP contribution in [-0.2, 0) is 26.2 Å². The van der Waals surface area contributed by atoms with Crippen LogP contribution < -0.4 is 9.62 Å². The lowest BCUT2D eigenvalue weighted by Gasteiger charge is -2.31. The second-order valence-corrected chi connectivity index (χ2v) is 12.3. The van der Waals surface area contributed by atoms with E-state index in [4.69, 9.17) is 0 Å². The molecule has 2 aromatic rings. The summed E-state index contributed by atoms with van der Waals surface area (Å²) >= 11 is 0. The van der Waals surface area contributed by atoms with Crippen molar-refractivity contribution < 1.29 is 22.4 Å². The maximum absolute atomic E-state index is 13.5. The Morgan fingerprint density at radius 2 is 1.68 bits per heavy atom. The number of benzene rings is 2. The first kappa shape index (κ1) is 29.6. The Balaban J connectivity index is 1.72. The Morgan fingerprint density at radius 1 is 1.03 bits per heavy atom. The van der Waals surface area contributed by atoms with Gasteiger partial charge in [0, 0.05) is 25.6 Å². The molecular formula is C29H40FN3O4S. The molecule has 0 radical (unpaired) electrons. The first-order valence-electron chi connectivity index (χ1n) is 13.3. The Morgan fingerprint density at radius 3 is 2.29 bits per heavy atom. The van der Waals surface area contributed by atoms with Crippen molar-refractivity contribution in [2.75, 3.05) is 17.1 Å². The number of halogens is 1. The molecule has 0 unspecified atom stereocenters. The van der Waals surface area contributed by atoms with E-state index in [1.54, 1.807) is 25.1 Å². The number of nitrogens with one attached hydrogen (secondary N) is 1. The second-order valence-electron chi connectivity index (χ2n) is 10.4. The van der Waals surface area contributed by atoms with E-state index in [2.05, 4.69) is 5.32 Å². The molecule has 208 valence electrons. The molecule has 1 N–H and O–H groups in total. The van der Waals surface area contributed by atoms with Crippen LogP contribution in [0.3, 0.4) is 0 Å². The molecule has 0 aromatic heterocycles. The largest absolute Gasteiger partial charge is 0.352 e. The maximum Gasteiger partial charge on any atom is 0.242 e. The molecule has 0 saturated heterocycles. The molecule has 0 spiro atoms. The number of hydrogen-bond acceptors (Lipinski definition) is 4. The molecule has 3 rings (SSSR count). The Labute approximate surface area is 226 Å². The van der Waals surface area contributed by atoms with Crippen molar-refractivity contribution >= 4 is 27.5 Å². The summed E-state index contributed by atoms with van der Waals surface area (Å²) in [5, 5.41) is 3.09. The molecule has 2 amide bonds. The summed E-state index contributed by atoms with van der Waals surface area (Å²) < 4.78 is 39.9. The summed E-state index contributed by atoms with van der Waals surface area (Å²) in [7, 11) is -3.56. The van der Waals surface area contributed by atoms with Gasteiger partial charge in [0.15, 0.2) is 0 Å². The summed E-state index contributed by atoms with van der Waals surface area (Å²) in [6.07, 6.45) is 6.71. The van der Waals surface area contributed by atoms with Crippen molar-refractivity contribution in [1.29, 1.82) is 0 Å². The molecule has 1 aliphatic carbocycles. The number of nitrogens with zero attached hydrogens (tertiary/aromatic N) is 2. The molecule has 7 nitrogen and oxygen atoms in total. The second kappa shape index (κ2) is 13.2. The number of carbonyl (C=O) groups is 2. The highest BCUT2D eigenvalue weighted by molar-refractivity contribution is 7.92. The third-order valence-electron chi connectivity index (χ3n) is 7.32. The number of hydrogen-bond donors (Lipinski definition) is 1. The first-order valence-corrected chi connectivity index (χ1v) is 15.2. The lowest BCUT2D eigenvalue weighted by atomic mass is 9.95. The fraction of sp³-hybridized carbons (Fsp3) is 0.517. The van der Waals surface area contributed by atoms with E-state index in [-0.39, 0.29) is 49.6 Å². The van der Waals surface area contributed by atoms with Crippen molar-refractivity contribution in [3.05, 3.63) is 65.0 Å². The zero-order chi connectivity index (χ0) is 27.9. The lowest BCUT2D eigenvalue weighted by molar-refractivity contribution is -0.141. The van der Waals surface area contributed by atoms with Gasteiger partial charge in [-0.2, -0.15) is 0 Å². The first-order chi connectivity index (χ1) is 18.0. The van der Waals surface area contributed by atoms with Crippen molar-refractivity contribution in [1.82, 2.24) is 10.2 Å². The third-order valence-corrected chi connectivity index (χ3v) is 8.51. The standard InChI is InChI=1S/C29H40FN3O4S/c1-21-12-17-27(19-22(21)2)33(38(4,36)37)18-8-11-28(34)32(20-24-13-15-25(30)16-14-24)23(3)29(35)31-26-9-6-5-7-10-26/h12-17,19,23,26H,5-11,18,20H2,1-4H3,(H,31,35)/t23-/m0/s1. The molecule has 9 heteroatoms. The van der Waals surface area contributed by atoms with Crippen LogP contribution in [0.1, 0.15) is 68.6 Å². The van der Waals surface area contributed by atoms with Crippen LogP contribution in [0.4, 0.5) is 10.1 Å². The SMILES string of the molecule is Cc1ccc(N(CCCC(=O)N(Cc2ccc(F)cc2)[C@@H](C)C(=O)NC2CCCCC2)S(C)(=O)=O)cc1C. The van der Waals surface area contributed by atoms with Gasteiger partial charge < -0.3 is 10.2 Å². The highest BCUT2D eigenvalue weighted by atomic mass is 32.2. The normalized spacial score (nSPS) is 15.1. The smallest absolute Gasteiger partial charge is 0.242 e. The maximum atomic E-state index is 13.5. The van der Waals surface area contributed by atoms with Gasteiger partial charge in [0.1, 0.15) is 11.9 Å². The summed E-state index contributed by atoms with van der Waals surface area (Å²) in [6.45, 7) is 5.89. The molecule has 2 aromatic carbocycles. The molecule has 38 heavy (non-hydrogen) atoms. The van der Waals surface area contributed by atoms with E-state index in [0.717, 1.165) is 43.1 Å². The van der Waals surface area contributed by atoms with Crippen LogP contribution in [0.2, 0.25) is 0 Å². The Hall–Kier alpha value is -2.94. The van der Waals surface area contributed by atoms with Crippen LogP contribution in [0.25, 0.3) is 0 Å². The zero-order valence-electron chi connectivity index (χ0n) is 22.9. The van der Waals surface area contributed by atoms with Gasteiger partial charge in [0.25, 0.3) is 0 Å². The molecule has 1 fully saturated rings. The average molecular weight is 546 g/mol. The lowest BCUT2D eigenvalue weighted by Crippen LogP contribution is -2.50. The van der Waals surface area contributed by atoms with Crippen molar-refractivity contribution in [2.24, 2.45) is 0 Å². The van der Waals surface area contributed by atoms with Crippen molar-refractivity contribution in [3.63, 3.8) is 0 Å². The summed E-state index contributed by atoms with van der Waals surface area (Å²) in [6, 6.07) is 10.7. The minimum atomic E-state index is -3.56. The van der Waals surface area contributed by atoms with E-state index in [1.807, 2.05) is 26.0 Å².